The number of carbonyl (C=O) groups excluding carboxylic acids is 1. The number of carbonyl (C=O) groups is 1. The van der Waals surface area contributed by atoms with E-state index in [4.69, 9.17) is 0 Å². The van der Waals surface area contributed by atoms with Crippen molar-refractivity contribution in [3.05, 3.63) is 24.3 Å². The monoisotopic (exact) mass is 237 g/mol. The van der Waals surface area contributed by atoms with Crippen LogP contribution in [-0.4, -0.2) is 12.2 Å². The van der Waals surface area contributed by atoms with Crippen LogP contribution in [0.15, 0.2) is 29.2 Å². The van der Waals surface area contributed by atoms with Crippen molar-refractivity contribution in [3.63, 3.8) is 0 Å². The molecule has 0 aliphatic carbocycles. The normalized spacial score (nSPS) is 12.2. The van der Waals surface area contributed by atoms with Gasteiger partial charge in [-0.1, -0.05) is 32.4 Å². The molecule has 0 spiro atoms. The van der Waals surface area contributed by atoms with Gasteiger partial charge in [0.25, 0.3) is 0 Å². The number of nitrogens with one attached hydrogen (secondary N) is 1. The molecular formula is C13H19NOS. The van der Waals surface area contributed by atoms with E-state index in [0.717, 1.165) is 23.4 Å². The molecule has 3 heteroatoms. The van der Waals surface area contributed by atoms with Crippen LogP contribution in [0.3, 0.4) is 0 Å². The van der Waals surface area contributed by atoms with Gasteiger partial charge in [-0.3, -0.25) is 4.79 Å². The summed E-state index contributed by atoms with van der Waals surface area (Å²) in [6.45, 7) is 4.07. The van der Waals surface area contributed by atoms with E-state index in [-0.39, 0.29) is 11.8 Å². The molecular weight excluding hydrogens is 218 g/mol. The van der Waals surface area contributed by atoms with E-state index >= 15 is 0 Å². The standard InChI is InChI=1S/C13H19NOS/c1-4-7-10(2)13(15)14-11-8-5-6-9-12(11)16-3/h5-6,8-10H,4,7H2,1-3H3,(H,14,15). The Morgan fingerprint density at radius 3 is 2.75 bits per heavy atom. The minimum absolute atomic E-state index is 0.0833. The Balaban J connectivity index is 2.69. The topological polar surface area (TPSA) is 29.1 Å². The Labute approximate surface area is 102 Å². The summed E-state index contributed by atoms with van der Waals surface area (Å²) < 4.78 is 0. The van der Waals surface area contributed by atoms with Crippen LogP contribution in [0.4, 0.5) is 5.69 Å². The number of thioether (sulfide) groups is 1. The number of amides is 1. The molecule has 0 heterocycles. The first kappa shape index (κ1) is 13.1. The largest absolute Gasteiger partial charge is 0.325 e. The fourth-order valence-electron chi connectivity index (χ4n) is 1.57. The van der Waals surface area contributed by atoms with Crippen molar-refractivity contribution in [3.8, 4) is 0 Å². The van der Waals surface area contributed by atoms with Gasteiger partial charge in [-0.05, 0) is 24.8 Å². The molecule has 1 atom stereocenters. The van der Waals surface area contributed by atoms with Crippen LogP contribution >= 0.6 is 11.8 Å². The van der Waals surface area contributed by atoms with Gasteiger partial charge in [-0.2, -0.15) is 0 Å². The van der Waals surface area contributed by atoms with Gasteiger partial charge in [0.15, 0.2) is 0 Å². The SMILES string of the molecule is CCCC(C)C(=O)Nc1ccccc1SC. The average molecular weight is 237 g/mol. The van der Waals surface area contributed by atoms with Crippen LogP contribution in [0.1, 0.15) is 26.7 Å². The third kappa shape index (κ3) is 3.56. The molecule has 0 aliphatic rings. The lowest BCUT2D eigenvalue weighted by atomic mass is 10.1. The zero-order chi connectivity index (χ0) is 12.0. The molecule has 88 valence electrons. The summed E-state index contributed by atoms with van der Waals surface area (Å²) in [5.41, 5.74) is 0.919. The van der Waals surface area contributed by atoms with E-state index in [1.165, 1.54) is 0 Å². The number of para-hydroxylation sites is 1. The number of hydrogen-bond acceptors (Lipinski definition) is 2. The van der Waals surface area contributed by atoms with Crippen LogP contribution in [-0.2, 0) is 4.79 Å². The first-order valence-electron chi connectivity index (χ1n) is 5.63. The Bertz CT molecular complexity index is 352. The number of rotatable bonds is 5. The van der Waals surface area contributed by atoms with E-state index in [0.29, 0.717) is 0 Å². The first-order valence-corrected chi connectivity index (χ1v) is 6.85. The number of anilines is 1. The Morgan fingerprint density at radius 2 is 2.12 bits per heavy atom. The summed E-state index contributed by atoms with van der Waals surface area (Å²) in [6.07, 6.45) is 3.99. The van der Waals surface area contributed by atoms with Crippen LogP contribution < -0.4 is 5.32 Å². The molecule has 0 fully saturated rings. The average Bonchev–Trinajstić information content (AvgIpc) is 2.30. The zero-order valence-electron chi connectivity index (χ0n) is 10.1. The van der Waals surface area contributed by atoms with Gasteiger partial charge in [0.2, 0.25) is 5.91 Å². The van der Waals surface area contributed by atoms with Gasteiger partial charge in [0.05, 0.1) is 5.69 Å². The first-order chi connectivity index (χ1) is 7.69. The summed E-state index contributed by atoms with van der Waals surface area (Å²) in [7, 11) is 0. The molecule has 1 rings (SSSR count). The third-order valence-corrected chi connectivity index (χ3v) is 3.33. The minimum atomic E-state index is 0.0833. The van der Waals surface area contributed by atoms with Gasteiger partial charge in [-0.15, -0.1) is 11.8 Å². The summed E-state index contributed by atoms with van der Waals surface area (Å²) in [6, 6.07) is 7.89. The molecule has 1 N–H and O–H groups in total. The highest BCUT2D eigenvalue weighted by molar-refractivity contribution is 7.98. The molecule has 16 heavy (non-hydrogen) atoms. The maximum atomic E-state index is 11.9. The van der Waals surface area contributed by atoms with Crippen LogP contribution in [0.2, 0.25) is 0 Å². The van der Waals surface area contributed by atoms with E-state index < -0.39 is 0 Å². The Hall–Kier alpha value is -0.960. The zero-order valence-corrected chi connectivity index (χ0v) is 10.9. The Kier molecular flexibility index (Phi) is 5.39. The van der Waals surface area contributed by atoms with E-state index in [1.54, 1.807) is 11.8 Å². The molecule has 1 amide bonds. The summed E-state index contributed by atoms with van der Waals surface area (Å²) in [5.74, 6) is 0.197. The van der Waals surface area contributed by atoms with Crippen molar-refractivity contribution in [1.82, 2.24) is 0 Å². The molecule has 0 saturated carbocycles. The van der Waals surface area contributed by atoms with Gasteiger partial charge < -0.3 is 5.32 Å². The molecule has 0 aromatic heterocycles. The highest BCUT2D eigenvalue weighted by Crippen LogP contribution is 2.25. The maximum absolute atomic E-state index is 11.9. The number of hydrogen-bond donors (Lipinski definition) is 1. The maximum Gasteiger partial charge on any atom is 0.227 e. The second-order valence-corrected chi connectivity index (χ2v) is 4.73. The molecule has 0 aliphatic heterocycles. The van der Waals surface area contributed by atoms with Gasteiger partial charge in [0.1, 0.15) is 0 Å². The highest BCUT2D eigenvalue weighted by atomic mass is 32.2. The summed E-state index contributed by atoms with van der Waals surface area (Å²) >= 11 is 1.65. The second-order valence-electron chi connectivity index (χ2n) is 3.88. The molecule has 0 radical (unpaired) electrons. The molecule has 0 saturated heterocycles. The lowest BCUT2D eigenvalue weighted by Gasteiger charge is -2.13. The van der Waals surface area contributed by atoms with Crippen molar-refractivity contribution in [2.45, 2.75) is 31.6 Å². The van der Waals surface area contributed by atoms with Gasteiger partial charge >= 0.3 is 0 Å². The lowest BCUT2D eigenvalue weighted by Crippen LogP contribution is -2.20. The van der Waals surface area contributed by atoms with E-state index in [1.807, 2.05) is 37.4 Å². The van der Waals surface area contributed by atoms with Crippen molar-refractivity contribution in [1.29, 1.82) is 0 Å². The van der Waals surface area contributed by atoms with Crippen molar-refractivity contribution >= 4 is 23.4 Å². The van der Waals surface area contributed by atoms with Crippen LogP contribution in [0, 0.1) is 5.92 Å². The van der Waals surface area contributed by atoms with E-state index in [9.17, 15) is 4.79 Å². The highest BCUT2D eigenvalue weighted by Gasteiger charge is 2.12. The molecule has 1 aromatic rings. The van der Waals surface area contributed by atoms with Crippen molar-refractivity contribution < 1.29 is 4.79 Å². The van der Waals surface area contributed by atoms with E-state index in [2.05, 4.69) is 12.2 Å². The predicted molar refractivity (Wildman–Crippen MR) is 70.9 cm³/mol. The molecule has 1 aromatic carbocycles. The van der Waals surface area contributed by atoms with Gasteiger partial charge in [-0.25, -0.2) is 0 Å². The quantitative estimate of drug-likeness (QED) is 0.790. The third-order valence-electron chi connectivity index (χ3n) is 2.53. The van der Waals surface area contributed by atoms with Crippen molar-refractivity contribution in [2.24, 2.45) is 5.92 Å². The second kappa shape index (κ2) is 6.59. The predicted octanol–water partition coefficient (Wildman–Crippen LogP) is 3.78. The summed E-state index contributed by atoms with van der Waals surface area (Å²) in [4.78, 5) is 13.0. The Morgan fingerprint density at radius 1 is 1.44 bits per heavy atom. The summed E-state index contributed by atoms with van der Waals surface area (Å²) in [5, 5.41) is 2.99. The van der Waals surface area contributed by atoms with Crippen LogP contribution in [0.5, 0.6) is 0 Å². The lowest BCUT2D eigenvalue weighted by molar-refractivity contribution is -0.119. The fraction of sp³-hybridized carbons (Fsp3) is 0.462. The number of benzene rings is 1. The van der Waals surface area contributed by atoms with Crippen LogP contribution in [0.25, 0.3) is 0 Å². The van der Waals surface area contributed by atoms with Gasteiger partial charge in [0, 0.05) is 10.8 Å². The fourth-order valence-corrected chi connectivity index (χ4v) is 2.12. The minimum Gasteiger partial charge on any atom is -0.325 e. The smallest absolute Gasteiger partial charge is 0.227 e. The molecule has 1 unspecified atom stereocenters. The van der Waals surface area contributed by atoms with Crippen molar-refractivity contribution in [2.75, 3.05) is 11.6 Å². The molecule has 0 bridgehead atoms. The molecule has 2 nitrogen and oxygen atoms in total.